The lowest BCUT2D eigenvalue weighted by Gasteiger charge is -2.33. The summed E-state index contributed by atoms with van der Waals surface area (Å²) in [4.78, 5) is 21.1. The molecule has 0 aliphatic carbocycles. The number of hydrogen-bond acceptors (Lipinski definition) is 3. The third kappa shape index (κ3) is 5.30. The first-order valence-electron chi connectivity index (χ1n) is 11.8. The molecular weight excluding hydrogens is 398 g/mol. The van der Waals surface area contributed by atoms with Crippen molar-refractivity contribution in [3.63, 3.8) is 0 Å². The van der Waals surface area contributed by atoms with Crippen LogP contribution in [0.1, 0.15) is 31.7 Å². The SMILES string of the molecule is Cc1ccc(N2CC[NH+](CCc3nc4cc(NC(=O)CC(C)C)ccc4n3C)CC2)cc1. The molecule has 6 nitrogen and oxygen atoms in total. The minimum Gasteiger partial charge on any atom is -0.360 e. The van der Waals surface area contributed by atoms with Crippen molar-refractivity contribution in [1.29, 1.82) is 0 Å². The van der Waals surface area contributed by atoms with Gasteiger partial charge in [-0.1, -0.05) is 31.5 Å². The van der Waals surface area contributed by atoms with Crippen LogP contribution in [-0.2, 0) is 18.3 Å². The van der Waals surface area contributed by atoms with E-state index in [2.05, 4.69) is 72.9 Å². The van der Waals surface area contributed by atoms with Gasteiger partial charge in [-0.05, 0) is 43.2 Å². The van der Waals surface area contributed by atoms with Crippen molar-refractivity contribution < 1.29 is 9.69 Å². The molecule has 0 spiro atoms. The second-order valence-electron chi connectivity index (χ2n) is 9.51. The highest BCUT2D eigenvalue weighted by Gasteiger charge is 2.21. The number of benzene rings is 2. The Labute approximate surface area is 191 Å². The van der Waals surface area contributed by atoms with Crippen LogP contribution in [0.4, 0.5) is 11.4 Å². The summed E-state index contributed by atoms with van der Waals surface area (Å²) >= 11 is 0. The van der Waals surface area contributed by atoms with Gasteiger partial charge < -0.3 is 19.7 Å². The van der Waals surface area contributed by atoms with E-state index in [1.165, 1.54) is 11.3 Å². The van der Waals surface area contributed by atoms with Crippen molar-refractivity contribution in [2.75, 3.05) is 42.9 Å². The monoisotopic (exact) mass is 434 g/mol. The number of anilines is 2. The Kier molecular flexibility index (Phi) is 6.80. The number of piperazine rings is 1. The third-order valence-corrected chi connectivity index (χ3v) is 6.42. The molecular formula is C26H36N5O+. The van der Waals surface area contributed by atoms with Gasteiger partial charge in [0.05, 0.1) is 50.2 Å². The molecule has 2 N–H and O–H groups in total. The standard InChI is InChI=1S/C26H35N5O/c1-19(2)17-26(32)27-21-7-10-24-23(18-21)28-25(29(24)4)11-12-30-13-15-31(16-14-30)22-8-5-20(3)6-9-22/h5-10,18-19H,11-17H2,1-4H3,(H,27,32)/p+1. The molecule has 32 heavy (non-hydrogen) atoms. The molecule has 0 unspecified atom stereocenters. The van der Waals surface area contributed by atoms with Crippen LogP contribution in [0.3, 0.4) is 0 Å². The highest BCUT2D eigenvalue weighted by molar-refractivity contribution is 5.93. The lowest BCUT2D eigenvalue weighted by Crippen LogP contribution is -3.15. The molecule has 170 valence electrons. The Balaban J connectivity index is 1.33. The Hall–Kier alpha value is -2.86. The van der Waals surface area contributed by atoms with Gasteiger partial charge in [-0.15, -0.1) is 0 Å². The van der Waals surface area contributed by atoms with Gasteiger partial charge in [0.2, 0.25) is 5.91 Å². The summed E-state index contributed by atoms with van der Waals surface area (Å²) < 4.78 is 2.19. The number of aryl methyl sites for hydroxylation is 2. The van der Waals surface area contributed by atoms with Gasteiger partial charge in [0.15, 0.2) is 0 Å². The first-order chi connectivity index (χ1) is 15.4. The number of fused-ring (bicyclic) bond motifs is 1. The number of nitrogens with one attached hydrogen (secondary N) is 2. The second kappa shape index (κ2) is 9.74. The van der Waals surface area contributed by atoms with Gasteiger partial charge in [0, 0.05) is 24.8 Å². The normalized spacial score (nSPS) is 15.0. The average molecular weight is 435 g/mol. The van der Waals surface area contributed by atoms with E-state index in [-0.39, 0.29) is 5.91 Å². The quantitative estimate of drug-likeness (QED) is 0.601. The van der Waals surface area contributed by atoms with Gasteiger partial charge in [0.1, 0.15) is 5.82 Å². The first kappa shape index (κ1) is 22.3. The van der Waals surface area contributed by atoms with E-state index >= 15 is 0 Å². The summed E-state index contributed by atoms with van der Waals surface area (Å²) in [6.45, 7) is 11.8. The summed E-state index contributed by atoms with van der Waals surface area (Å²) in [6, 6.07) is 14.9. The van der Waals surface area contributed by atoms with Crippen LogP contribution < -0.4 is 15.1 Å². The molecule has 1 aromatic heterocycles. The van der Waals surface area contributed by atoms with Crippen molar-refractivity contribution in [3.05, 3.63) is 53.9 Å². The van der Waals surface area contributed by atoms with E-state index in [1.807, 2.05) is 12.1 Å². The Morgan fingerprint density at radius 3 is 2.53 bits per heavy atom. The van der Waals surface area contributed by atoms with E-state index in [0.717, 1.165) is 61.7 Å². The number of hydrogen-bond donors (Lipinski definition) is 2. The molecule has 1 aliphatic heterocycles. The average Bonchev–Trinajstić information content (AvgIpc) is 3.07. The fraction of sp³-hybridized carbons (Fsp3) is 0.462. The molecule has 2 heterocycles. The summed E-state index contributed by atoms with van der Waals surface area (Å²) in [6.07, 6.45) is 1.49. The number of nitrogens with zero attached hydrogens (tertiary/aromatic N) is 3. The number of imidazole rings is 1. The lowest BCUT2D eigenvalue weighted by atomic mass is 10.1. The van der Waals surface area contributed by atoms with Crippen molar-refractivity contribution >= 4 is 28.3 Å². The maximum atomic E-state index is 12.1. The van der Waals surface area contributed by atoms with E-state index < -0.39 is 0 Å². The number of carbonyl (C=O) groups is 1. The molecule has 2 aromatic carbocycles. The van der Waals surface area contributed by atoms with E-state index in [4.69, 9.17) is 4.98 Å². The number of quaternary nitrogens is 1. The number of aromatic nitrogens is 2. The molecule has 0 atom stereocenters. The molecule has 1 amide bonds. The van der Waals surface area contributed by atoms with Gasteiger partial charge >= 0.3 is 0 Å². The fourth-order valence-corrected chi connectivity index (χ4v) is 4.51. The number of amides is 1. The summed E-state index contributed by atoms with van der Waals surface area (Å²) in [5, 5.41) is 3.00. The van der Waals surface area contributed by atoms with E-state index in [1.54, 1.807) is 4.90 Å². The lowest BCUT2D eigenvalue weighted by molar-refractivity contribution is -0.900. The Morgan fingerprint density at radius 2 is 1.84 bits per heavy atom. The van der Waals surface area contributed by atoms with Crippen molar-refractivity contribution in [2.45, 2.75) is 33.6 Å². The van der Waals surface area contributed by atoms with Gasteiger partial charge in [0.25, 0.3) is 0 Å². The number of carbonyl (C=O) groups excluding carboxylic acids is 1. The highest BCUT2D eigenvalue weighted by Crippen LogP contribution is 2.20. The van der Waals surface area contributed by atoms with Crippen LogP contribution in [0.25, 0.3) is 11.0 Å². The van der Waals surface area contributed by atoms with E-state index in [9.17, 15) is 4.79 Å². The maximum absolute atomic E-state index is 12.1. The Bertz CT molecular complexity index is 1060. The topological polar surface area (TPSA) is 54.6 Å². The van der Waals surface area contributed by atoms with Gasteiger partial charge in [-0.25, -0.2) is 4.98 Å². The van der Waals surface area contributed by atoms with Crippen LogP contribution in [0.15, 0.2) is 42.5 Å². The van der Waals surface area contributed by atoms with Crippen molar-refractivity contribution in [2.24, 2.45) is 13.0 Å². The molecule has 1 saturated heterocycles. The van der Waals surface area contributed by atoms with Crippen molar-refractivity contribution in [1.82, 2.24) is 9.55 Å². The highest BCUT2D eigenvalue weighted by atomic mass is 16.1. The maximum Gasteiger partial charge on any atom is 0.224 e. The smallest absolute Gasteiger partial charge is 0.224 e. The zero-order valence-corrected chi connectivity index (χ0v) is 19.8. The largest absolute Gasteiger partial charge is 0.360 e. The number of rotatable bonds is 7. The molecule has 3 aromatic rings. The molecule has 6 heteroatoms. The predicted molar refractivity (Wildman–Crippen MR) is 131 cm³/mol. The van der Waals surface area contributed by atoms with Crippen LogP contribution in [0, 0.1) is 12.8 Å². The predicted octanol–water partition coefficient (Wildman–Crippen LogP) is 2.81. The third-order valence-electron chi connectivity index (χ3n) is 6.42. The van der Waals surface area contributed by atoms with Gasteiger partial charge in [-0.3, -0.25) is 4.79 Å². The van der Waals surface area contributed by atoms with Crippen LogP contribution in [0.2, 0.25) is 0 Å². The summed E-state index contributed by atoms with van der Waals surface area (Å²) in [5.74, 6) is 1.52. The summed E-state index contributed by atoms with van der Waals surface area (Å²) in [7, 11) is 2.09. The molecule has 0 radical (unpaired) electrons. The molecule has 4 rings (SSSR count). The fourth-order valence-electron chi connectivity index (χ4n) is 4.51. The van der Waals surface area contributed by atoms with Crippen LogP contribution in [0.5, 0.6) is 0 Å². The minimum absolute atomic E-state index is 0.0592. The zero-order valence-electron chi connectivity index (χ0n) is 19.8. The summed E-state index contributed by atoms with van der Waals surface area (Å²) in [5.41, 5.74) is 5.53. The second-order valence-corrected chi connectivity index (χ2v) is 9.51. The zero-order chi connectivity index (χ0) is 22.7. The van der Waals surface area contributed by atoms with Crippen LogP contribution in [-0.4, -0.2) is 48.2 Å². The van der Waals surface area contributed by atoms with Gasteiger partial charge in [-0.2, -0.15) is 0 Å². The molecule has 1 aliphatic rings. The van der Waals surface area contributed by atoms with Crippen molar-refractivity contribution in [3.8, 4) is 0 Å². The first-order valence-corrected chi connectivity index (χ1v) is 11.8. The molecule has 1 fully saturated rings. The minimum atomic E-state index is 0.0592. The van der Waals surface area contributed by atoms with E-state index in [0.29, 0.717) is 12.3 Å². The molecule has 0 saturated carbocycles. The van der Waals surface area contributed by atoms with Crippen LogP contribution >= 0.6 is 0 Å². The Morgan fingerprint density at radius 1 is 1.12 bits per heavy atom. The molecule has 0 bridgehead atoms.